The number of carbonyl (C=O) groups is 7. The highest BCUT2D eigenvalue weighted by molar-refractivity contribution is 6.00. The van der Waals surface area contributed by atoms with Crippen molar-refractivity contribution < 1.29 is 38.7 Å². The summed E-state index contributed by atoms with van der Waals surface area (Å²) < 4.78 is 0. The fourth-order valence-electron chi connectivity index (χ4n) is 6.96. The number of aliphatic carboxylic acids is 1. The molecule has 0 fully saturated rings. The van der Waals surface area contributed by atoms with E-state index in [1.165, 1.54) is 7.05 Å². The van der Waals surface area contributed by atoms with Gasteiger partial charge in [0.05, 0.1) is 6.42 Å². The molecule has 5 rings (SSSR count). The van der Waals surface area contributed by atoms with Gasteiger partial charge in [-0.1, -0.05) is 84.9 Å². The normalized spacial score (nSPS) is 12.8. The van der Waals surface area contributed by atoms with Gasteiger partial charge in [0.25, 0.3) is 5.91 Å². The standard InChI is InChI=1S/C46H52N8O8/c1-29-15-9-11-21-34(29)53-46(62)48-24-14-13-23-36(45(61)54(2)39(27-40(55)56)44(60)51-37(41(47)57)25-30-16-5-3-6-17-30)50-43(59)38(52-42(58)31-18-7-4-8-19-31)26-32-28-49-35-22-12-10-20-33(32)35/h3-12,15-22,28,36-39,49H,13-14,23-27H2,1-2H3,(H2,47,57)(H,50,59)(H,51,60)(H,52,58)(H,55,56)(H2,48,53,62)/t36-,37-,38-,39-/m0/s1. The van der Waals surface area contributed by atoms with E-state index in [0.29, 0.717) is 23.2 Å². The monoisotopic (exact) mass is 844 g/mol. The third-order valence-corrected chi connectivity index (χ3v) is 10.4. The summed E-state index contributed by atoms with van der Waals surface area (Å²) >= 11 is 0. The number of aromatic nitrogens is 1. The van der Waals surface area contributed by atoms with Crippen LogP contribution < -0.4 is 32.3 Å². The van der Waals surface area contributed by atoms with Crippen molar-refractivity contribution in [1.29, 1.82) is 0 Å². The number of nitrogens with two attached hydrogens (primary N) is 1. The number of anilines is 1. The van der Waals surface area contributed by atoms with Crippen LogP contribution in [-0.2, 0) is 36.8 Å². The summed E-state index contributed by atoms with van der Waals surface area (Å²) in [6.45, 7) is 2.07. The topological polar surface area (TPSA) is 245 Å². The van der Waals surface area contributed by atoms with Crippen LogP contribution in [0.5, 0.6) is 0 Å². The number of carboxylic acids is 1. The molecule has 4 atom stereocenters. The zero-order valence-electron chi connectivity index (χ0n) is 34.6. The molecule has 1 heterocycles. The summed E-state index contributed by atoms with van der Waals surface area (Å²) in [5.41, 5.74) is 9.69. The van der Waals surface area contributed by atoms with E-state index in [0.717, 1.165) is 26.9 Å². The molecule has 0 aliphatic carbocycles. The first kappa shape index (κ1) is 45.6. The number of carbonyl (C=O) groups excluding carboxylic acids is 6. The van der Waals surface area contributed by atoms with Crippen LogP contribution in [-0.4, -0.2) is 94.3 Å². The van der Waals surface area contributed by atoms with Crippen molar-refractivity contribution >= 4 is 58.1 Å². The summed E-state index contributed by atoms with van der Waals surface area (Å²) in [5, 5.41) is 24.4. The molecule has 0 unspecified atom stereocenters. The van der Waals surface area contributed by atoms with Crippen LogP contribution in [0.4, 0.5) is 10.5 Å². The van der Waals surface area contributed by atoms with Crippen molar-refractivity contribution in [3.05, 3.63) is 138 Å². The van der Waals surface area contributed by atoms with E-state index in [-0.39, 0.29) is 32.2 Å². The smallest absolute Gasteiger partial charge is 0.319 e. The number of para-hydroxylation sites is 2. The predicted molar refractivity (Wildman–Crippen MR) is 234 cm³/mol. The number of amides is 7. The Morgan fingerprint density at radius 2 is 1.37 bits per heavy atom. The quantitative estimate of drug-likeness (QED) is 0.0504. The van der Waals surface area contributed by atoms with Crippen molar-refractivity contribution in [3.63, 3.8) is 0 Å². The van der Waals surface area contributed by atoms with Crippen molar-refractivity contribution in [2.45, 2.75) is 69.6 Å². The number of nitrogens with one attached hydrogen (secondary N) is 6. The number of fused-ring (bicyclic) bond motifs is 1. The molecule has 1 aromatic heterocycles. The summed E-state index contributed by atoms with van der Waals surface area (Å²) in [7, 11) is 1.24. The van der Waals surface area contributed by atoms with Crippen molar-refractivity contribution in [2.75, 3.05) is 18.9 Å². The molecule has 0 saturated carbocycles. The van der Waals surface area contributed by atoms with Gasteiger partial charge in [-0.2, -0.15) is 0 Å². The number of primary amides is 1. The molecule has 16 nitrogen and oxygen atoms in total. The number of aryl methyl sites for hydroxylation is 1. The zero-order chi connectivity index (χ0) is 44.6. The fraction of sp³-hybridized carbons (Fsp3) is 0.283. The number of nitrogens with zero attached hydrogens (tertiary/aromatic N) is 1. The molecule has 0 aliphatic rings. The van der Waals surface area contributed by atoms with Crippen molar-refractivity contribution in [1.82, 2.24) is 31.2 Å². The van der Waals surface area contributed by atoms with Crippen LogP contribution >= 0.6 is 0 Å². The van der Waals surface area contributed by atoms with Gasteiger partial charge in [-0.05, 0) is 67.1 Å². The minimum Gasteiger partial charge on any atom is -0.481 e. The fourth-order valence-corrected chi connectivity index (χ4v) is 6.96. The van der Waals surface area contributed by atoms with Gasteiger partial charge in [-0.25, -0.2) is 4.79 Å². The molecule has 7 amide bonds. The minimum atomic E-state index is -1.62. The minimum absolute atomic E-state index is 0.00176. The molecule has 5 aromatic rings. The van der Waals surface area contributed by atoms with Gasteiger partial charge >= 0.3 is 12.0 Å². The lowest BCUT2D eigenvalue weighted by molar-refractivity contribution is -0.147. The maximum Gasteiger partial charge on any atom is 0.319 e. The Balaban J connectivity index is 1.37. The molecule has 9 N–H and O–H groups in total. The molecule has 0 radical (unpaired) electrons. The highest BCUT2D eigenvalue weighted by Gasteiger charge is 2.36. The lowest BCUT2D eigenvalue weighted by Crippen LogP contribution is -2.59. The maximum absolute atomic E-state index is 14.5. The number of carboxylic acid groups (broad SMARTS) is 1. The maximum atomic E-state index is 14.5. The molecule has 0 spiro atoms. The Bertz CT molecular complexity index is 2350. The molecule has 16 heteroatoms. The first-order chi connectivity index (χ1) is 29.8. The highest BCUT2D eigenvalue weighted by Crippen LogP contribution is 2.20. The van der Waals surface area contributed by atoms with Crippen LogP contribution in [0.25, 0.3) is 10.9 Å². The number of urea groups is 1. The zero-order valence-corrected chi connectivity index (χ0v) is 34.6. The number of hydrogen-bond acceptors (Lipinski definition) is 7. The summed E-state index contributed by atoms with van der Waals surface area (Å²) in [6, 6.07) is 26.0. The largest absolute Gasteiger partial charge is 0.481 e. The van der Waals surface area contributed by atoms with Gasteiger partial charge in [0, 0.05) is 54.8 Å². The lowest BCUT2D eigenvalue weighted by Gasteiger charge is -2.32. The van der Waals surface area contributed by atoms with E-state index >= 15 is 0 Å². The SMILES string of the molecule is Cc1ccccc1NC(=O)NCCCC[C@H](NC(=O)[C@H](Cc1c[nH]c2ccccc12)NC(=O)c1ccccc1)C(=O)N(C)[C@@H](CC(=O)O)C(=O)N[C@@H](Cc1ccccc1)C(N)=O. The highest BCUT2D eigenvalue weighted by atomic mass is 16.4. The first-order valence-electron chi connectivity index (χ1n) is 20.2. The lowest BCUT2D eigenvalue weighted by atomic mass is 10.0. The third-order valence-electron chi connectivity index (χ3n) is 10.4. The number of benzene rings is 4. The summed E-state index contributed by atoms with van der Waals surface area (Å²) in [6.07, 6.45) is 1.61. The third kappa shape index (κ3) is 13.0. The number of rotatable bonds is 21. The van der Waals surface area contributed by atoms with Crippen LogP contribution in [0.15, 0.2) is 115 Å². The van der Waals surface area contributed by atoms with Crippen LogP contribution in [0.1, 0.15) is 52.7 Å². The van der Waals surface area contributed by atoms with E-state index in [1.54, 1.807) is 79.0 Å². The molecule has 0 bridgehead atoms. The average molecular weight is 845 g/mol. The molecule has 0 aliphatic heterocycles. The van der Waals surface area contributed by atoms with Gasteiger partial charge in [0.1, 0.15) is 24.2 Å². The number of aromatic amines is 1. The number of likely N-dealkylation sites (N-methyl/N-ethyl adjacent to an activating group) is 1. The Morgan fingerprint density at radius 1 is 0.726 bits per heavy atom. The van der Waals surface area contributed by atoms with Crippen molar-refractivity contribution in [2.24, 2.45) is 5.73 Å². The van der Waals surface area contributed by atoms with Gasteiger partial charge in [0.15, 0.2) is 0 Å². The Morgan fingerprint density at radius 3 is 2.06 bits per heavy atom. The van der Waals surface area contributed by atoms with E-state index in [4.69, 9.17) is 5.73 Å². The average Bonchev–Trinajstić information content (AvgIpc) is 3.67. The molecule has 62 heavy (non-hydrogen) atoms. The number of H-pyrrole nitrogens is 1. The molecular formula is C46H52N8O8. The van der Waals surface area contributed by atoms with Gasteiger partial charge in [-0.15, -0.1) is 0 Å². The van der Waals surface area contributed by atoms with Crippen LogP contribution in [0.3, 0.4) is 0 Å². The summed E-state index contributed by atoms with van der Waals surface area (Å²) in [5.74, 6) is -5.25. The predicted octanol–water partition coefficient (Wildman–Crippen LogP) is 3.81. The first-order valence-corrected chi connectivity index (χ1v) is 20.2. The molecular weight excluding hydrogens is 793 g/mol. The van der Waals surface area contributed by atoms with E-state index in [2.05, 4.69) is 31.6 Å². The molecule has 0 saturated heterocycles. The Hall–Kier alpha value is -7.49. The summed E-state index contributed by atoms with van der Waals surface area (Å²) in [4.78, 5) is 97.4. The van der Waals surface area contributed by atoms with Crippen molar-refractivity contribution in [3.8, 4) is 0 Å². The second-order valence-electron chi connectivity index (χ2n) is 14.9. The Labute approximate surface area is 359 Å². The van der Waals surface area contributed by atoms with E-state index < -0.39 is 72.1 Å². The second-order valence-corrected chi connectivity index (χ2v) is 14.9. The molecule has 4 aromatic carbocycles. The van der Waals surface area contributed by atoms with Crippen LogP contribution in [0, 0.1) is 6.92 Å². The van der Waals surface area contributed by atoms with Gasteiger partial charge in [0.2, 0.25) is 23.6 Å². The van der Waals surface area contributed by atoms with E-state index in [1.807, 2.05) is 43.3 Å². The Kier molecular flexibility index (Phi) is 16.3. The number of unbranched alkanes of at least 4 members (excludes halogenated alkanes) is 1. The van der Waals surface area contributed by atoms with Gasteiger partial charge in [-0.3, -0.25) is 28.8 Å². The van der Waals surface area contributed by atoms with E-state index in [9.17, 15) is 38.7 Å². The second kappa shape index (κ2) is 22.2. The van der Waals surface area contributed by atoms with Crippen LogP contribution in [0.2, 0.25) is 0 Å². The number of hydrogen-bond donors (Lipinski definition) is 8. The molecule has 324 valence electrons. The van der Waals surface area contributed by atoms with Gasteiger partial charge < -0.3 is 47.3 Å².